The molecular weight excluding hydrogens is 467 g/mol. The van der Waals surface area contributed by atoms with Crippen molar-refractivity contribution in [2.24, 2.45) is 10.9 Å². The topological polar surface area (TPSA) is 58.1 Å². The number of rotatable bonds is 9. The van der Waals surface area contributed by atoms with Crippen molar-refractivity contribution in [3.63, 3.8) is 0 Å². The maximum absolute atomic E-state index is 5.74. The minimum Gasteiger partial charge on any atom is -0.381 e. The molecule has 0 bridgehead atoms. The van der Waals surface area contributed by atoms with Gasteiger partial charge < -0.3 is 25.0 Å². The molecule has 158 valence electrons. The molecule has 0 spiro atoms. The molecule has 28 heavy (non-hydrogen) atoms. The van der Waals surface area contributed by atoms with Gasteiger partial charge in [0.15, 0.2) is 5.96 Å². The summed E-state index contributed by atoms with van der Waals surface area (Å²) in [5.41, 5.74) is 2.83. The van der Waals surface area contributed by atoms with E-state index in [1.54, 1.807) is 0 Å². The molecule has 0 aromatic heterocycles. The van der Waals surface area contributed by atoms with Gasteiger partial charge in [0.05, 0.1) is 13.2 Å². The Balaban J connectivity index is 0.00000280. The highest BCUT2D eigenvalue weighted by molar-refractivity contribution is 14.0. The molecule has 2 atom stereocenters. The van der Waals surface area contributed by atoms with Crippen molar-refractivity contribution in [2.75, 3.05) is 58.0 Å². The van der Waals surface area contributed by atoms with Crippen LogP contribution < -0.4 is 15.5 Å². The van der Waals surface area contributed by atoms with Crippen molar-refractivity contribution in [3.05, 3.63) is 29.8 Å². The molecule has 1 aromatic rings. The Hall–Kier alpha value is -1.06. The molecule has 3 rings (SSSR count). The third-order valence-electron chi connectivity index (χ3n) is 5.35. The summed E-state index contributed by atoms with van der Waals surface area (Å²) in [7, 11) is 1.82. The summed E-state index contributed by atoms with van der Waals surface area (Å²) in [5.74, 6) is 1.45. The summed E-state index contributed by atoms with van der Waals surface area (Å²) < 4.78 is 11.1. The fourth-order valence-electron chi connectivity index (χ4n) is 3.83. The summed E-state index contributed by atoms with van der Waals surface area (Å²) in [5, 5.41) is 6.79. The molecule has 1 aromatic carbocycles. The molecule has 1 fully saturated rings. The second-order valence-corrected chi connectivity index (χ2v) is 7.46. The normalized spacial score (nSPS) is 21.4. The first-order valence-electron chi connectivity index (χ1n) is 10.2. The van der Waals surface area contributed by atoms with Crippen molar-refractivity contribution in [3.8, 4) is 0 Å². The predicted molar refractivity (Wildman–Crippen MR) is 126 cm³/mol. The second-order valence-electron chi connectivity index (χ2n) is 7.46. The minimum absolute atomic E-state index is 0. The van der Waals surface area contributed by atoms with E-state index in [1.807, 2.05) is 7.05 Å². The Morgan fingerprint density at radius 2 is 2.11 bits per heavy atom. The quantitative estimate of drug-likeness (QED) is 0.236. The van der Waals surface area contributed by atoms with Crippen LogP contribution in [0.25, 0.3) is 0 Å². The summed E-state index contributed by atoms with van der Waals surface area (Å²) in [6, 6.07) is 9.27. The molecule has 2 unspecified atom stereocenters. The fourth-order valence-corrected chi connectivity index (χ4v) is 3.83. The van der Waals surface area contributed by atoms with E-state index in [4.69, 9.17) is 9.47 Å². The van der Waals surface area contributed by atoms with Crippen molar-refractivity contribution in [1.82, 2.24) is 10.6 Å². The number of halogens is 1. The maximum Gasteiger partial charge on any atom is 0.191 e. The molecule has 7 heteroatoms. The van der Waals surface area contributed by atoms with Crippen LogP contribution in [-0.2, 0) is 15.9 Å². The van der Waals surface area contributed by atoms with Crippen LogP contribution in [0.15, 0.2) is 29.3 Å². The number of fused-ring (bicyclic) bond motifs is 1. The second kappa shape index (κ2) is 12.5. The first-order chi connectivity index (χ1) is 13.3. The lowest BCUT2D eigenvalue weighted by molar-refractivity contribution is 0.0888. The van der Waals surface area contributed by atoms with Crippen molar-refractivity contribution < 1.29 is 9.47 Å². The fraction of sp³-hybridized carbons (Fsp3) is 0.667. The van der Waals surface area contributed by atoms with Crippen molar-refractivity contribution in [2.45, 2.75) is 32.2 Å². The smallest absolute Gasteiger partial charge is 0.191 e. The number of nitrogens with one attached hydrogen (secondary N) is 2. The molecule has 2 aliphatic rings. The van der Waals surface area contributed by atoms with Crippen LogP contribution in [0.3, 0.4) is 0 Å². The van der Waals surface area contributed by atoms with Gasteiger partial charge in [-0.15, -0.1) is 24.0 Å². The van der Waals surface area contributed by atoms with E-state index in [0.29, 0.717) is 12.0 Å². The average molecular weight is 502 g/mol. The van der Waals surface area contributed by atoms with E-state index in [2.05, 4.69) is 51.7 Å². The lowest BCUT2D eigenvalue weighted by atomic mass is 10.1. The first kappa shape index (κ1) is 23.2. The van der Waals surface area contributed by atoms with E-state index in [9.17, 15) is 0 Å². The zero-order valence-corrected chi connectivity index (χ0v) is 19.5. The van der Waals surface area contributed by atoms with Crippen LogP contribution in [0, 0.1) is 5.92 Å². The Morgan fingerprint density at radius 1 is 1.29 bits per heavy atom. The van der Waals surface area contributed by atoms with Gasteiger partial charge >= 0.3 is 0 Å². The van der Waals surface area contributed by atoms with Gasteiger partial charge in [-0.3, -0.25) is 4.99 Å². The van der Waals surface area contributed by atoms with Crippen LogP contribution in [0.2, 0.25) is 0 Å². The van der Waals surface area contributed by atoms with Crippen molar-refractivity contribution in [1.29, 1.82) is 0 Å². The van der Waals surface area contributed by atoms with E-state index >= 15 is 0 Å². The highest BCUT2D eigenvalue weighted by Crippen LogP contribution is 2.31. The highest BCUT2D eigenvalue weighted by atomic mass is 127. The average Bonchev–Trinajstić information content (AvgIpc) is 3.30. The number of hydrogen-bond acceptors (Lipinski definition) is 4. The lowest BCUT2D eigenvalue weighted by Gasteiger charge is -2.25. The molecule has 6 nitrogen and oxygen atoms in total. The van der Waals surface area contributed by atoms with E-state index in [1.165, 1.54) is 11.3 Å². The van der Waals surface area contributed by atoms with Gasteiger partial charge in [0.2, 0.25) is 0 Å². The van der Waals surface area contributed by atoms with Crippen LogP contribution in [0.5, 0.6) is 0 Å². The zero-order valence-electron chi connectivity index (χ0n) is 17.2. The number of benzene rings is 1. The third-order valence-corrected chi connectivity index (χ3v) is 5.35. The number of ether oxygens (including phenoxy) is 2. The number of para-hydroxylation sites is 1. The SMILES string of the molecule is CN=C(NCCCOCC1CCOC1)NCCN1c2ccccc2CC1C.I. The Labute approximate surface area is 186 Å². The van der Waals surface area contributed by atoms with Crippen LogP contribution in [0.4, 0.5) is 5.69 Å². The summed E-state index contributed by atoms with van der Waals surface area (Å²) in [6.45, 7) is 8.36. The number of nitrogens with zero attached hydrogens (tertiary/aromatic N) is 2. The van der Waals surface area contributed by atoms with Gasteiger partial charge in [-0.25, -0.2) is 0 Å². The van der Waals surface area contributed by atoms with Gasteiger partial charge in [0, 0.05) is 57.5 Å². The summed E-state index contributed by atoms with van der Waals surface area (Å²) in [4.78, 5) is 6.80. The van der Waals surface area contributed by atoms with E-state index in [0.717, 1.165) is 71.3 Å². The third kappa shape index (κ3) is 6.77. The summed E-state index contributed by atoms with van der Waals surface area (Å²) in [6.07, 6.45) is 3.25. The number of aliphatic imine (C=N–C) groups is 1. The Bertz CT molecular complexity index is 608. The first-order valence-corrected chi connectivity index (χ1v) is 10.2. The molecule has 2 aliphatic heterocycles. The number of anilines is 1. The maximum atomic E-state index is 5.74. The predicted octanol–water partition coefficient (Wildman–Crippen LogP) is 2.66. The van der Waals surface area contributed by atoms with Crippen molar-refractivity contribution >= 4 is 35.6 Å². The lowest BCUT2D eigenvalue weighted by Crippen LogP contribution is -2.43. The molecular formula is C21H35IN4O2. The molecule has 0 amide bonds. The molecule has 1 saturated heterocycles. The van der Waals surface area contributed by atoms with Crippen LogP contribution in [-0.4, -0.2) is 65.1 Å². The number of hydrogen-bond donors (Lipinski definition) is 2. The molecule has 2 N–H and O–H groups in total. The molecule has 2 heterocycles. The molecule has 0 saturated carbocycles. The largest absolute Gasteiger partial charge is 0.381 e. The molecule has 0 radical (unpaired) electrons. The van der Waals surface area contributed by atoms with Gasteiger partial charge in [0.25, 0.3) is 0 Å². The van der Waals surface area contributed by atoms with Gasteiger partial charge in [-0.1, -0.05) is 18.2 Å². The number of guanidine groups is 1. The summed E-state index contributed by atoms with van der Waals surface area (Å²) >= 11 is 0. The standard InChI is InChI=1S/C21H34N4O2.HI/c1-17-14-19-6-3-4-7-20(19)25(17)11-10-24-21(22-2)23-9-5-12-26-15-18-8-13-27-16-18;/h3-4,6-7,17-18H,5,8-16H2,1-2H3,(H2,22,23,24);1H. The Morgan fingerprint density at radius 3 is 2.89 bits per heavy atom. The van der Waals surface area contributed by atoms with Crippen LogP contribution in [0.1, 0.15) is 25.3 Å². The van der Waals surface area contributed by atoms with E-state index < -0.39 is 0 Å². The van der Waals surface area contributed by atoms with Gasteiger partial charge in [-0.05, 0) is 37.8 Å². The molecule has 0 aliphatic carbocycles. The highest BCUT2D eigenvalue weighted by Gasteiger charge is 2.24. The minimum atomic E-state index is 0. The van der Waals surface area contributed by atoms with E-state index in [-0.39, 0.29) is 24.0 Å². The van der Waals surface area contributed by atoms with Gasteiger partial charge in [-0.2, -0.15) is 0 Å². The monoisotopic (exact) mass is 502 g/mol. The van der Waals surface area contributed by atoms with Crippen LogP contribution >= 0.6 is 24.0 Å². The Kier molecular flexibility index (Phi) is 10.4. The zero-order chi connectivity index (χ0) is 18.9. The van der Waals surface area contributed by atoms with Gasteiger partial charge in [0.1, 0.15) is 0 Å².